The van der Waals surface area contributed by atoms with Crippen LogP contribution in [-0.4, -0.2) is 57.1 Å². The van der Waals surface area contributed by atoms with E-state index in [0.29, 0.717) is 26.1 Å². The highest BCUT2D eigenvalue weighted by Crippen LogP contribution is 2.22. The van der Waals surface area contributed by atoms with Gasteiger partial charge < -0.3 is 9.64 Å². The first kappa shape index (κ1) is 17.4. The number of ether oxygens (including phenoxy) is 1. The van der Waals surface area contributed by atoms with Gasteiger partial charge in [0.05, 0.1) is 24.8 Å². The molecule has 0 saturated carbocycles. The molecule has 6 nitrogen and oxygen atoms in total. The maximum atomic E-state index is 12.6. The van der Waals surface area contributed by atoms with Gasteiger partial charge >= 0.3 is 0 Å². The zero-order valence-electron chi connectivity index (χ0n) is 13.8. The molecule has 8 heteroatoms. The van der Waals surface area contributed by atoms with Gasteiger partial charge in [0.1, 0.15) is 4.34 Å². The number of aromatic nitrogens is 3. The minimum absolute atomic E-state index is 0.0157. The Bertz CT molecular complexity index is 644. The number of rotatable bonds is 6. The van der Waals surface area contributed by atoms with E-state index in [1.165, 1.54) is 0 Å². The fourth-order valence-corrected chi connectivity index (χ4v) is 4.42. The molecule has 1 aliphatic heterocycles. The van der Waals surface area contributed by atoms with E-state index in [1.807, 2.05) is 27.2 Å². The van der Waals surface area contributed by atoms with Gasteiger partial charge in [-0.2, -0.15) is 5.10 Å². The van der Waals surface area contributed by atoms with Gasteiger partial charge in [0.15, 0.2) is 0 Å². The molecular formula is C16H22N4O2S2. The molecule has 0 spiro atoms. The summed E-state index contributed by atoms with van der Waals surface area (Å²) in [4.78, 5) is 19.1. The molecule has 2 aromatic rings. The van der Waals surface area contributed by atoms with Crippen molar-refractivity contribution in [1.29, 1.82) is 0 Å². The normalized spacial score (nSPS) is 18.5. The lowest BCUT2D eigenvalue weighted by molar-refractivity contribution is -0.131. The van der Waals surface area contributed by atoms with Crippen molar-refractivity contribution in [3.05, 3.63) is 29.5 Å². The van der Waals surface area contributed by atoms with Crippen LogP contribution in [0.3, 0.4) is 0 Å². The smallest absolute Gasteiger partial charge is 0.228 e. The van der Waals surface area contributed by atoms with E-state index in [0.717, 1.165) is 28.8 Å². The Morgan fingerprint density at radius 1 is 1.54 bits per heavy atom. The van der Waals surface area contributed by atoms with E-state index in [9.17, 15) is 4.79 Å². The number of hydrogen-bond donors (Lipinski definition) is 0. The summed E-state index contributed by atoms with van der Waals surface area (Å²) in [6.45, 7) is 4.82. The second kappa shape index (κ2) is 8.64. The largest absolute Gasteiger partial charge is 0.374 e. The third-order valence-corrected chi connectivity index (χ3v) is 5.74. The van der Waals surface area contributed by atoms with Crippen LogP contribution in [0, 0.1) is 0 Å². The van der Waals surface area contributed by atoms with Crippen molar-refractivity contribution in [3.63, 3.8) is 0 Å². The lowest BCUT2D eigenvalue weighted by Gasteiger charge is -2.23. The van der Waals surface area contributed by atoms with Gasteiger partial charge in [0.25, 0.3) is 0 Å². The molecule has 0 N–H and O–H groups in total. The summed E-state index contributed by atoms with van der Waals surface area (Å²) >= 11 is 3.33. The van der Waals surface area contributed by atoms with Crippen LogP contribution in [0.15, 0.2) is 28.2 Å². The van der Waals surface area contributed by atoms with Crippen LogP contribution in [0.4, 0.5) is 0 Å². The number of carbonyl (C=O) groups is 1. The molecule has 3 heterocycles. The summed E-state index contributed by atoms with van der Waals surface area (Å²) in [6, 6.07) is 1.90. The topological polar surface area (TPSA) is 60.3 Å². The first-order chi connectivity index (χ1) is 11.7. The molecule has 3 rings (SSSR count). The fraction of sp³-hybridized carbons (Fsp3) is 0.562. The van der Waals surface area contributed by atoms with Crippen molar-refractivity contribution >= 4 is 29.0 Å². The quantitative estimate of drug-likeness (QED) is 0.734. The Labute approximate surface area is 150 Å². The van der Waals surface area contributed by atoms with Gasteiger partial charge in [-0.25, -0.2) is 4.98 Å². The first-order valence-electron chi connectivity index (χ1n) is 8.18. The predicted octanol–water partition coefficient (Wildman–Crippen LogP) is 2.31. The van der Waals surface area contributed by atoms with Crippen LogP contribution in [0.1, 0.15) is 19.0 Å². The van der Waals surface area contributed by atoms with Crippen LogP contribution in [0.2, 0.25) is 0 Å². The number of nitrogens with zero attached hydrogens (tertiary/aromatic N) is 4. The summed E-state index contributed by atoms with van der Waals surface area (Å²) in [5.41, 5.74) is 0.870. The zero-order chi connectivity index (χ0) is 16.8. The number of amides is 1. The van der Waals surface area contributed by atoms with Crippen molar-refractivity contribution in [2.24, 2.45) is 0 Å². The molecule has 0 radical (unpaired) electrons. The minimum atomic E-state index is -0.0157. The summed E-state index contributed by atoms with van der Waals surface area (Å²) < 4.78 is 8.76. The zero-order valence-corrected chi connectivity index (χ0v) is 15.4. The van der Waals surface area contributed by atoms with Crippen molar-refractivity contribution in [2.75, 3.05) is 25.4 Å². The number of thioether (sulfide) groups is 1. The molecule has 1 amide bonds. The van der Waals surface area contributed by atoms with Gasteiger partial charge in [-0.1, -0.05) is 18.7 Å². The van der Waals surface area contributed by atoms with Crippen molar-refractivity contribution in [1.82, 2.24) is 19.7 Å². The Hall–Kier alpha value is -1.38. The molecule has 0 aliphatic carbocycles. The molecule has 0 bridgehead atoms. The molecule has 1 fully saturated rings. The SMILES string of the molecule is CCSc1nc(CC(=O)N2CCCO[C@@H](Cn3cccn3)C2)cs1. The van der Waals surface area contributed by atoms with E-state index >= 15 is 0 Å². The van der Waals surface area contributed by atoms with Crippen molar-refractivity contribution in [3.8, 4) is 0 Å². The molecule has 24 heavy (non-hydrogen) atoms. The van der Waals surface area contributed by atoms with Gasteiger partial charge in [-0.15, -0.1) is 11.3 Å². The van der Waals surface area contributed by atoms with Gasteiger partial charge in [0, 0.05) is 37.5 Å². The molecule has 1 atom stereocenters. The molecule has 0 unspecified atom stereocenters. The Kier molecular flexibility index (Phi) is 6.28. The van der Waals surface area contributed by atoms with E-state index in [4.69, 9.17) is 4.74 Å². The average Bonchev–Trinajstić information content (AvgIpc) is 3.16. The Morgan fingerprint density at radius 3 is 3.25 bits per heavy atom. The lowest BCUT2D eigenvalue weighted by Crippen LogP contribution is -2.39. The average molecular weight is 367 g/mol. The van der Waals surface area contributed by atoms with Gasteiger partial charge in [-0.05, 0) is 18.2 Å². The molecule has 130 valence electrons. The maximum Gasteiger partial charge on any atom is 0.228 e. The van der Waals surface area contributed by atoms with Gasteiger partial charge in [0.2, 0.25) is 5.91 Å². The third kappa shape index (κ3) is 4.81. The fourth-order valence-electron chi connectivity index (χ4n) is 2.68. The monoisotopic (exact) mass is 366 g/mol. The highest BCUT2D eigenvalue weighted by Gasteiger charge is 2.23. The van der Waals surface area contributed by atoms with Gasteiger partial charge in [-0.3, -0.25) is 9.48 Å². The Morgan fingerprint density at radius 2 is 2.46 bits per heavy atom. The van der Waals surface area contributed by atoms with Crippen LogP contribution in [0.5, 0.6) is 0 Å². The standard InChI is InChI=1S/C16H22N4O2S2/c1-2-23-16-18-13(12-24-16)9-15(21)19-6-4-8-22-14(10-19)11-20-7-3-5-17-20/h3,5,7,12,14H,2,4,6,8-11H2,1H3/t14-/m1/s1. The second-order valence-electron chi connectivity index (χ2n) is 5.63. The molecule has 2 aromatic heterocycles. The second-order valence-corrected chi connectivity index (χ2v) is 8.00. The predicted molar refractivity (Wildman–Crippen MR) is 95.4 cm³/mol. The number of carbonyl (C=O) groups excluding carboxylic acids is 1. The summed E-state index contributed by atoms with van der Waals surface area (Å²) in [5.74, 6) is 1.13. The first-order valence-corrected chi connectivity index (χ1v) is 10.0. The molecule has 1 aliphatic rings. The Balaban J connectivity index is 1.57. The molecule has 1 saturated heterocycles. The third-order valence-electron chi connectivity index (χ3n) is 3.78. The summed E-state index contributed by atoms with van der Waals surface area (Å²) in [6.07, 6.45) is 4.90. The highest BCUT2D eigenvalue weighted by atomic mass is 32.2. The van der Waals surface area contributed by atoms with Crippen LogP contribution in [0.25, 0.3) is 0 Å². The van der Waals surface area contributed by atoms with E-state index in [1.54, 1.807) is 29.3 Å². The number of thiazole rings is 1. The molecular weight excluding hydrogens is 344 g/mol. The minimum Gasteiger partial charge on any atom is -0.374 e. The molecule has 0 aromatic carbocycles. The van der Waals surface area contributed by atoms with E-state index in [2.05, 4.69) is 17.0 Å². The van der Waals surface area contributed by atoms with Crippen LogP contribution < -0.4 is 0 Å². The lowest BCUT2D eigenvalue weighted by atomic mass is 10.2. The van der Waals surface area contributed by atoms with E-state index < -0.39 is 0 Å². The van der Waals surface area contributed by atoms with Crippen molar-refractivity contribution < 1.29 is 9.53 Å². The summed E-state index contributed by atoms with van der Waals surface area (Å²) in [5, 5.41) is 6.21. The maximum absolute atomic E-state index is 12.6. The highest BCUT2D eigenvalue weighted by molar-refractivity contribution is 8.00. The number of hydrogen-bond acceptors (Lipinski definition) is 6. The summed E-state index contributed by atoms with van der Waals surface area (Å²) in [7, 11) is 0. The van der Waals surface area contributed by atoms with Crippen LogP contribution in [-0.2, 0) is 22.5 Å². The van der Waals surface area contributed by atoms with Crippen molar-refractivity contribution in [2.45, 2.75) is 36.8 Å². The van der Waals surface area contributed by atoms with Crippen LogP contribution >= 0.6 is 23.1 Å². The van der Waals surface area contributed by atoms with E-state index in [-0.39, 0.29) is 12.0 Å².